The first-order chi connectivity index (χ1) is 13.0. The van der Waals surface area contributed by atoms with Crippen LogP contribution in [0.1, 0.15) is 36.7 Å². The standard InChI is InChI=1S/C20H21N5O2/c1-12(2)25-17-8-6-5-7-15(17)18(20(25)26)23-24-19-16(10-21)14(11-27-4)9-13(3)22-19/h5-9,12,26H,11H2,1-4H3. The lowest BCUT2D eigenvalue weighted by Crippen LogP contribution is -1.98. The van der Waals surface area contributed by atoms with Gasteiger partial charge in [-0.15, -0.1) is 10.2 Å². The van der Waals surface area contributed by atoms with Crippen molar-refractivity contribution < 1.29 is 9.84 Å². The molecular formula is C20H21N5O2. The van der Waals surface area contributed by atoms with Crippen LogP contribution in [0.4, 0.5) is 11.5 Å². The lowest BCUT2D eigenvalue weighted by atomic mass is 10.1. The Kier molecular flexibility index (Phi) is 5.19. The molecule has 0 atom stereocenters. The minimum absolute atomic E-state index is 0.0400. The Morgan fingerprint density at radius 2 is 2.04 bits per heavy atom. The van der Waals surface area contributed by atoms with E-state index in [4.69, 9.17) is 4.74 Å². The van der Waals surface area contributed by atoms with Gasteiger partial charge in [-0.2, -0.15) is 5.26 Å². The summed E-state index contributed by atoms with van der Waals surface area (Å²) in [6, 6.07) is 11.6. The van der Waals surface area contributed by atoms with Crippen LogP contribution in [0.15, 0.2) is 40.6 Å². The molecule has 3 rings (SSSR count). The molecule has 138 valence electrons. The van der Waals surface area contributed by atoms with Gasteiger partial charge >= 0.3 is 0 Å². The van der Waals surface area contributed by atoms with E-state index in [2.05, 4.69) is 21.3 Å². The summed E-state index contributed by atoms with van der Waals surface area (Å²) in [6.45, 7) is 6.08. The molecule has 0 radical (unpaired) electrons. The van der Waals surface area contributed by atoms with Gasteiger partial charge in [-0.3, -0.25) is 0 Å². The number of benzene rings is 1. The van der Waals surface area contributed by atoms with Gasteiger partial charge in [0.15, 0.2) is 11.5 Å². The maximum Gasteiger partial charge on any atom is 0.221 e. The van der Waals surface area contributed by atoms with Crippen molar-refractivity contribution in [2.24, 2.45) is 10.2 Å². The number of para-hydroxylation sites is 1. The molecule has 0 spiro atoms. The summed E-state index contributed by atoms with van der Waals surface area (Å²) < 4.78 is 6.96. The molecule has 2 aromatic heterocycles. The fourth-order valence-corrected chi connectivity index (χ4v) is 3.14. The zero-order valence-corrected chi connectivity index (χ0v) is 15.8. The first-order valence-electron chi connectivity index (χ1n) is 8.61. The quantitative estimate of drug-likeness (QED) is 0.640. The van der Waals surface area contributed by atoms with Crippen molar-refractivity contribution in [3.8, 4) is 11.9 Å². The van der Waals surface area contributed by atoms with Gasteiger partial charge in [-0.25, -0.2) is 4.98 Å². The molecule has 0 unspecified atom stereocenters. The molecule has 0 aliphatic carbocycles. The summed E-state index contributed by atoms with van der Waals surface area (Å²) in [4.78, 5) is 4.33. The Morgan fingerprint density at radius 3 is 2.70 bits per heavy atom. The number of azo groups is 1. The number of hydrogen-bond donors (Lipinski definition) is 1. The number of ether oxygens (including phenoxy) is 1. The Morgan fingerprint density at radius 1 is 1.30 bits per heavy atom. The molecule has 27 heavy (non-hydrogen) atoms. The number of pyridine rings is 1. The second-order valence-corrected chi connectivity index (χ2v) is 6.52. The molecule has 1 N–H and O–H groups in total. The topological polar surface area (TPSA) is 95.8 Å². The van der Waals surface area contributed by atoms with Gasteiger partial charge in [-0.1, -0.05) is 18.2 Å². The maximum atomic E-state index is 10.7. The van der Waals surface area contributed by atoms with Crippen LogP contribution in [-0.2, 0) is 11.3 Å². The molecule has 0 bridgehead atoms. The van der Waals surface area contributed by atoms with Gasteiger partial charge in [0.25, 0.3) is 0 Å². The van der Waals surface area contributed by atoms with Crippen LogP contribution in [0.25, 0.3) is 10.9 Å². The highest BCUT2D eigenvalue weighted by atomic mass is 16.5. The lowest BCUT2D eigenvalue weighted by Gasteiger charge is -2.10. The van der Waals surface area contributed by atoms with Gasteiger partial charge in [0.2, 0.25) is 5.88 Å². The van der Waals surface area contributed by atoms with Crippen molar-refractivity contribution in [3.63, 3.8) is 0 Å². The fraction of sp³-hybridized carbons (Fsp3) is 0.300. The number of aryl methyl sites for hydroxylation is 1. The second-order valence-electron chi connectivity index (χ2n) is 6.52. The molecule has 0 saturated carbocycles. The van der Waals surface area contributed by atoms with Crippen molar-refractivity contribution in [2.75, 3.05) is 7.11 Å². The lowest BCUT2D eigenvalue weighted by molar-refractivity contribution is 0.184. The molecule has 0 fully saturated rings. The maximum absolute atomic E-state index is 10.7. The number of rotatable bonds is 5. The van der Waals surface area contributed by atoms with E-state index < -0.39 is 0 Å². The van der Waals surface area contributed by atoms with E-state index in [1.165, 1.54) is 0 Å². The normalized spacial score (nSPS) is 11.6. The average molecular weight is 363 g/mol. The van der Waals surface area contributed by atoms with Gasteiger partial charge in [0, 0.05) is 29.8 Å². The van der Waals surface area contributed by atoms with Crippen molar-refractivity contribution in [2.45, 2.75) is 33.4 Å². The summed E-state index contributed by atoms with van der Waals surface area (Å²) in [5, 5.41) is 29.4. The Labute approximate surface area is 157 Å². The van der Waals surface area contributed by atoms with Crippen molar-refractivity contribution >= 4 is 22.4 Å². The van der Waals surface area contributed by atoms with Crippen LogP contribution in [-0.4, -0.2) is 21.8 Å². The van der Waals surface area contributed by atoms with Crippen LogP contribution in [0, 0.1) is 18.3 Å². The molecule has 0 aliphatic heterocycles. The zero-order chi connectivity index (χ0) is 19.6. The van der Waals surface area contributed by atoms with E-state index in [9.17, 15) is 10.4 Å². The van der Waals surface area contributed by atoms with E-state index in [-0.39, 0.29) is 24.3 Å². The highest BCUT2D eigenvalue weighted by molar-refractivity contribution is 5.95. The number of aromatic hydroxyl groups is 1. The highest BCUT2D eigenvalue weighted by Crippen LogP contribution is 2.41. The van der Waals surface area contributed by atoms with Crippen LogP contribution in [0.5, 0.6) is 5.88 Å². The molecule has 7 heteroatoms. The highest BCUT2D eigenvalue weighted by Gasteiger charge is 2.18. The Balaban J connectivity index is 2.16. The second kappa shape index (κ2) is 7.56. The molecule has 0 saturated heterocycles. The molecule has 1 aromatic carbocycles. The van der Waals surface area contributed by atoms with E-state index in [0.717, 1.165) is 10.9 Å². The van der Waals surface area contributed by atoms with Crippen LogP contribution in [0.3, 0.4) is 0 Å². The Bertz CT molecular complexity index is 1060. The number of nitriles is 1. The average Bonchev–Trinajstić information content (AvgIpc) is 2.91. The van der Waals surface area contributed by atoms with Crippen LogP contribution < -0.4 is 0 Å². The van der Waals surface area contributed by atoms with E-state index in [1.807, 2.05) is 45.0 Å². The molecule has 3 aromatic rings. The number of fused-ring (bicyclic) bond motifs is 1. The summed E-state index contributed by atoms with van der Waals surface area (Å²) in [6.07, 6.45) is 0. The van der Waals surface area contributed by atoms with Gasteiger partial charge < -0.3 is 14.4 Å². The fourth-order valence-electron chi connectivity index (χ4n) is 3.14. The number of hydrogen-bond acceptors (Lipinski definition) is 6. The minimum atomic E-state index is 0.0400. The number of nitrogens with zero attached hydrogens (tertiary/aromatic N) is 5. The molecule has 0 aliphatic rings. The molecule has 0 amide bonds. The predicted molar refractivity (Wildman–Crippen MR) is 103 cm³/mol. The van der Waals surface area contributed by atoms with Crippen molar-refractivity contribution in [1.29, 1.82) is 5.26 Å². The molecule has 7 nitrogen and oxygen atoms in total. The van der Waals surface area contributed by atoms with Crippen LogP contribution in [0.2, 0.25) is 0 Å². The van der Waals surface area contributed by atoms with Crippen LogP contribution >= 0.6 is 0 Å². The molecule has 2 heterocycles. The smallest absolute Gasteiger partial charge is 0.221 e. The monoisotopic (exact) mass is 363 g/mol. The third-order valence-electron chi connectivity index (χ3n) is 4.24. The van der Waals surface area contributed by atoms with E-state index in [1.54, 1.807) is 17.7 Å². The predicted octanol–water partition coefficient (Wildman–Crippen LogP) is 5.06. The third kappa shape index (κ3) is 3.39. The summed E-state index contributed by atoms with van der Waals surface area (Å²) in [5.41, 5.74) is 2.97. The SMILES string of the molecule is COCc1cc(C)nc(N=Nc2c(O)n(C(C)C)c3ccccc23)c1C#N. The largest absolute Gasteiger partial charge is 0.493 e. The van der Waals surface area contributed by atoms with Gasteiger partial charge in [-0.05, 0) is 32.9 Å². The summed E-state index contributed by atoms with van der Waals surface area (Å²) in [7, 11) is 1.57. The minimum Gasteiger partial charge on any atom is -0.493 e. The van der Waals surface area contributed by atoms with Crippen molar-refractivity contribution in [3.05, 3.63) is 47.2 Å². The first-order valence-corrected chi connectivity index (χ1v) is 8.61. The molecular weight excluding hydrogens is 342 g/mol. The zero-order valence-electron chi connectivity index (χ0n) is 15.8. The van der Waals surface area contributed by atoms with Crippen molar-refractivity contribution in [1.82, 2.24) is 9.55 Å². The van der Waals surface area contributed by atoms with E-state index in [0.29, 0.717) is 22.5 Å². The number of aromatic nitrogens is 2. The summed E-state index contributed by atoms with van der Waals surface area (Å²) in [5.74, 6) is 0.253. The first kappa shape index (κ1) is 18.5. The van der Waals surface area contributed by atoms with Gasteiger partial charge in [0.1, 0.15) is 11.6 Å². The Hall–Kier alpha value is -3.24. The third-order valence-corrected chi connectivity index (χ3v) is 4.24. The summed E-state index contributed by atoms with van der Waals surface area (Å²) >= 11 is 0. The van der Waals surface area contributed by atoms with E-state index >= 15 is 0 Å². The number of methoxy groups -OCH3 is 1. The van der Waals surface area contributed by atoms with Gasteiger partial charge in [0.05, 0.1) is 12.1 Å².